The molecule has 0 fully saturated rings. The third kappa shape index (κ3) is 3.26. The third-order valence-corrected chi connectivity index (χ3v) is 2.86. The Bertz CT molecular complexity index is 405. The molecular weight excluding hydrogens is 226 g/mol. The molecule has 4 nitrogen and oxygen atoms in total. The van der Waals surface area contributed by atoms with E-state index in [4.69, 9.17) is 5.73 Å². The number of hydrogen-bond donors (Lipinski definition) is 2. The van der Waals surface area contributed by atoms with E-state index < -0.39 is 11.6 Å². The normalized spacial score (nSPS) is 11.9. The largest absolute Gasteiger partial charge is 0.381 e. The molecule has 0 atom stereocenters. The summed E-state index contributed by atoms with van der Waals surface area (Å²) in [7, 11) is 3.84. The van der Waals surface area contributed by atoms with Gasteiger partial charge in [0, 0.05) is 18.2 Å². The van der Waals surface area contributed by atoms with Gasteiger partial charge in [-0.1, -0.05) is 0 Å². The maximum absolute atomic E-state index is 13.4. The Morgan fingerprint density at radius 1 is 1.35 bits per heavy atom. The zero-order valence-corrected chi connectivity index (χ0v) is 10.5. The lowest BCUT2D eigenvalue weighted by molar-refractivity contribution is 0.209. The average Bonchev–Trinajstić information content (AvgIpc) is 2.21. The summed E-state index contributed by atoms with van der Waals surface area (Å²) in [4.78, 5) is 5.62. The van der Waals surface area contributed by atoms with Gasteiger partial charge in [-0.25, -0.2) is 13.8 Å². The summed E-state index contributed by atoms with van der Waals surface area (Å²) in [6.45, 7) is 4.45. The maximum atomic E-state index is 13.4. The number of hydrogen-bond acceptors (Lipinski definition) is 4. The van der Waals surface area contributed by atoms with E-state index in [2.05, 4.69) is 10.3 Å². The van der Waals surface area contributed by atoms with Crippen LogP contribution in [0, 0.1) is 11.6 Å². The van der Waals surface area contributed by atoms with Crippen molar-refractivity contribution in [2.24, 2.45) is 0 Å². The summed E-state index contributed by atoms with van der Waals surface area (Å²) in [5.41, 5.74) is 5.10. The first-order valence-electron chi connectivity index (χ1n) is 5.27. The monoisotopic (exact) mass is 244 g/mol. The first-order chi connectivity index (χ1) is 7.74. The highest BCUT2D eigenvalue weighted by atomic mass is 19.1. The third-order valence-electron chi connectivity index (χ3n) is 2.86. The molecule has 0 radical (unpaired) electrons. The number of nitrogen functional groups attached to an aromatic ring is 1. The molecule has 0 aliphatic heterocycles. The van der Waals surface area contributed by atoms with Gasteiger partial charge < -0.3 is 16.0 Å². The maximum Gasteiger partial charge on any atom is 0.168 e. The standard InChI is InChI=1S/C11H18F2N4/c1-11(2,17(3)4)6-15-10-8(13)5-7(12)9(14)16-10/h5H,6H2,1-4H3,(H3,14,15,16). The number of nitrogens with two attached hydrogens (primary N) is 1. The Morgan fingerprint density at radius 3 is 2.47 bits per heavy atom. The molecular formula is C11H18F2N4. The van der Waals surface area contributed by atoms with Crippen molar-refractivity contribution >= 4 is 11.6 Å². The van der Waals surface area contributed by atoms with Crippen molar-refractivity contribution in [2.75, 3.05) is 31.7 Å². The minimum atomic E-state index is -0.847. The molecule has 0 unspecified atom stereocenters. The molecule has 1 rings (SSSR count). The fourth-order valence-corrected chi connectivity index (χ4v) is 1.06. The van der Waals surface area contributed by atoms with Crippen molar-refractivity contribution in [3.8, 4) is 0 Å². The van der Waals surface area contributed by atoms with Gasteiger partial charge in [-0.3, -0.25) is 0 Å². The Hall–Kier alpha value is -1.43. The van der Waals surface area contributed by atoms with Gasteiger partial charge in [-0.05, 0) is 27.9 Å². The summed E-state index contributed by atoms with van der Waals surface area (Å²) in [5.74, 6) is -1.93. The van der Waals surface area contributed by atoms with Crippen LogP contribution in [0.1, 0.15) is 13.8 Å². The van der Waals surface area contributed by atoms with E-state index in [1.165, 1.54) is 0 Å². The van der Waals surface area contributed by atoms with Crippen LogP contribution < -0.4 is 11.1 Å². The predicted molar refractivity (Wildman–Crippen MR) is 64.8 cm³/mol. The van der Waals surface area contributed by atoms with Crippen molar-refractivity contribution in [3.63, 3.8) is 0 Å². The van der Waals surface area contributed by atoms with Crippen LogP contribution in [0.15, 0.2) is 6.07 Å². The Kier molecular flexibility index (Phi) is 3.87. The molecule has 0 spiro atoms. The van der Waals surface area contributed by atoms with E-state index in [1.807, 2.05) is 32.8 Å². The number of rotatable bonds is 4. The fraction of sp³-hybridized carbons (Fsp3) is 0.545. The van der Waals surface area contributed by atoms with Gasteiger partial charge in [0.05, 0.1) is 0 Å². The molecule has 0 aliphatic carbocycles. The quantitative estimate of drug-likeness (QED) is 0.846. The number of likely N-dealkylation sites (N-methyl/N-ethyl adjacent to an activating group) is 1. The van der Waals surface area contributed by atoms with E-state index in [1.54, 1.807) is 0 Å². The molecule has 17 heavy (non-hydrogen) atoms. The Balaban J connectivity index is 2.80. The summed E-state index contributed by atoms with van der Waals surface area (Å²) in [6.07, 6.45) is 0. The van der Waals surface area contributed by atoms with Gasteiger partial charge in [0.1, 0.15) is 0 Å². The molecule has 3 N–H and O–H groups in total. The zero-order chi connectivity index (χ0) is 13.2. The average molecular weight is 244 g/mol. The van der Waals surface area contributed by atoms with Gasteiger partial charge in [-0.15, -0.1) is 0 Å². The van der Waals surface area contributed by atoms with Gasteiger partial charge in [0.15, 0.2) is 23.3 Å². The highest BCUT2D eigenvalue weighted by Gasteiger charge is 2.21. The molecule has 1 aromatic rings. The van der Waals surface area contributed by atoms with Crippen LogP contribution in [0.3, 0.4) is 0 Å². The van der Waals surface area contributed by atoms with Gasteiger partial charge in [0.25, 0.3) is 0 Å². The van der Waals surface area contributed by atoms with Gasteiger partial charge in [-0.2, -0.15) is 0 Å². The van der Waals surface area contributed by atoms with Crippen LogP contribution in [-0.2, 0) is 0 Å². The molecule has 6 heteroatoms. The van der Waals surface area contributed by atoms with Gasteiger partial charge in [0.2, 0.25) is 0 Å². The van der Waals surface area contributed by atoms with Crippen molar-refractivity contribution in [2.45, 2.75) is 19.4 Å². The van der Waals surface area contributed by atoms with Crippen molar-refractivity contribution in [1.29, 1.82) is 0 Å². The van der Waals surface area contributed by atoms with Crippen LogP contribution in [-0.4, -0.2) is 36.1 Å². The molecule has 0 saturated carbocycles. The number of nitrogens with one attached hydrogen (secondary N) is 1. The molecule has 0 amide bonds. The minimum absolute atomic E-state index is 0.0289. The fourth-order valence-electron chi connectivity index (χ4n) is 1.06. The summed E-state index contributed by atoms with van der Waals surface area (Å²) in [6, 6.07) is 0.729. The van der Waals surface area contributed by atoms with Crippen LogP contribution in [0.25, 0.3) is 0 Å². The van der Waals surface area contributed by atoms with Crippen molar-refractivity contribution < 1.29 is 8.78 Å². The second-order valence-corrected chi connectivity index (χ2v) is 4.75. The molecule has 0 aromatic carbocycles. The zero-order valence-electron chi connectivity index (χ0n) is 10.5. The molecule has 0 saturated heterocycles. The first kappa shape index (κ1) is 13.6. The molecule has 1 heterocycles. The van der Waals surface area contributed by atoms with E-state index in [0.29, 0.717) is 6.54 Å². The van der Waals surface area contributed by atoms with Crippen LogP contribution in [0.5, 0.6) is 0 Å². The lowest BCUT2D eigenvalue weighted by Gasteiger charge is -2.32. The Labute approximate surface area is 99.8 Å². The molecule has 0 bridgehead atoms. The molecule has 96 valence electrons. The summed E-state index contributed by atoms with van der Waals surface area (Å²) in [5, 5.41) is 2.83. The summed E-state index contributed by atoms with van der Waals surface area (Å²) >= 11 is 0. The van der Waals surface area contributed by atoms with Gasteiger partial charge >= 0.3 is 0 Å². The highest BCUT2D eigenvalue weighted by Crippen LogP contribution is 2.18. The number of aromatic nitrogens is 1. The lowest BCUT2D eigenvalue weighted by Crippen LogP contribution is -2.44. The number of anilines is 2. The SMILES string of the molecule is CN(C)C(C)(C)CNc1nc(N)c(F)cc1F. The Morgan fingerprint density at radius 2 is 1.94 bits per heavy atom. The van der Waals surface area contributed by atoms with E-state index in [-0.39, 0.29) is 17.2 Å². The van der Waals surface area contributed by atoms with E-state index >= 15 is 0 Å². The van der Waals surface area contributed by atoms with Crippen LogP contribution >= 0.6 is 0 Å². The first-order valence-corrected chi connectivity index (χ1v) is 5.27. The second-order valence-electron chi connectivity index (χ2n) is 4.75. The number of halogens is 2. The topological polar surface area (TPSA) is 54.2 Å². The van der Waals surface area contributed by atoms with E-state index in [9.17, 15) is 8.78 Å². The van der Waals surface area contributed by atoms with Crippen LogP contribution in [0.2, 0.25) is 0 Å². The second kappa shape index (κ2) is 4.83. The number of pyridine rings is 1. The lowest BCUT2D eigenvalue weighted by atomic mass is 10.0. The van der Waals surface area contributed by atoms with E-state index in [0.717, 1.165) is 6.07 Å². The molecule has 1 aromatic heterocycles. The number of nitrogens with zero attached hydrogens (tertiary/aromatic N) is 2. The van der Waals surface area contributed by atoms with Crippen molar-refractivity contribution in [3.05, 3.63) is 17.7 Å². The highest BCUT2D eigenvalue weighted by molar-refractivity contribution is 5.45. The smallest absolute Gasteiger partial charge is 0.168 e. The predicted octanol–water partition coefficient (Wildman–Crippen LogP) is 1.69. The summed E-state index contributed by atoms with van der Waals surface area (Å²) < 4.78 is 26.3. The molecule has 0 aliphatic rings. The minimum Gasteiger partial charge on any atom is -0.381 e. The van der Waals surface area contributed by atoms with Crippen LogP contribution in [0.4, 0.5) is 20.4 Å². The van der Waals surface area contributed by atoms with Crippen molar-refractivity contribution in [1.82, 2.24) is 9.88 Å².